The van der Waals surface area contributed by atoms with Crippen LogP contribution in [0.25, 0.3) is 17.0 Å². The van der Waals surface area contributed by atoms with Gasteiger partial charge in [-0.05, 0) is 36.8 Å². The molecular formula is C25H26N2O7S. The Morgan fingerprint density at radius 3 is 2.63 bits per heavy atom. The number of sulfonamides is 1. The number of carbonyl (C=O) groups is 2. The lowest BCUT2D eigenvalue weighted by molar-refractivity contribution is -0.136. The minimum Gasteiger partial charge on any atom is -0.495 e. The number of aromatic nitrogens is 1. The van der Waals surface area contributed by atoms with Crippen LogP contribution in [0.4, 0.5) is 0 Å². The van der Waals surface area contributed by atoms with Gasteiger partial charge in [0.1, 0.15) is 10.6 Å². The van der Waals surface area contributed by atoms with Crippen molar-refractivity contribution in [3.63, 3.8) is 0 Å². The van der Waals surface area contributed by atoms with E-state index in [-0.39, 0.29) is 29.5 Å². The highest BCUT2D eigenvalue weighted by molar-refractivity contribution is 7.89. The van der Waals surface area contributed by atoms with Crippen molar-refractivity contribution >= 4 is 38.8 Å². The van der Waals surface area contributed by atoms with E-state index in [1.54, 1.807) is 13.0 Å². The van der Waals surface area contributed by atoms with Gasteiger partial charge in [0.05, 0.1) is 20.3 Å². The fourth-order valence-electron chi connectivity index (χ4n) is 3.98. The molecule has 4 rings (SSSR count). The Morgan fingerprint density at radius 2 is 1.89 bits per heavy atom. The zero-order valence-corrected chi connectivity index (χ0v) is 20.3. The van der Waals surface area contributed by atoms with Gasteiger partial charge in [-0.1, -0.05) is 24.3 Å². The minimum atomic E-state index is -3.80. The number of aryl methyl sites for hydroxylation is 1. The van der Waals surface area contributed by atoms with Crippen LogP contribution in [0, 0.1) is 6.92 Å². The van der Waals surface area contributed by atoms with Crippen LogP contribution >= 0.6 is 0 Å². The number of morpholine rings is 1. The molecule has 0 bridgehead atoms. The first-order valence-electron chi connectivity index (χ1n) is 11.0. The molecule has 2 heterocycles. The quantitative estimate of drug-likeness (QED) is 0.288. The van der Waals surface area contributed by atoms with Crippen molar-refractivity contribution in [3.8, 4) is 5.75 Å². The minimum absolute atomic E-state index is 0.00223. The summed E-state index contributed by atoms with van der Waals surface area (Å²) < 4.78 is 43.2. The molecule has 184 valence electrons. The van der Waals surface area contributed by atoms with E-state index >= 15 is 0 Å². The summed E-state index contributed by atoms with van der Waals surface area (Å²) in [4.78, 5) is 28.1. The first kappa shape index (κ1) is 24.6. The standard InChI is InChI=1S/C25H26N2O7S/c1-17-25(19-5-3-4-6-20(19)26-17)21(28)16-34-24(29)10-8-18-7-9-22(32-2)23(15-18)35(30,31)27-11-13-33-14-12-27/h3-10,15,26H,11-14,16H2,1-2H3. The van der Waals surface area contributed by atoms with Gasteiger partial charge in [0.2, 0.25) is 15.8 Å². The zero-order valence-electron chi connectivity index (χ0n) is 19.4. The fraction of sp³-hybridized carbons (Fsp3) is 0.280. The average Bonchev–Trinajstić information content (AvgIpc) is 3.22. The summed E-state index contributed by atoms with van der Waals surface area (Å²) in [6.45, 7) is 2.53. The van der Waals surface area contributed by atoms with E-state index < -0.39 is 22.6 Å². The maximum absolute atomic E-state index is 13.1. The number of Topliss-reactive ketones (excluding diaryl/α,β-unsaturated/α-hetero) is 1. The highest BCUT2D eigenvalue weighted by Crippen LogP contribution is 2.29. The predicted octanol–water partition coefficient (Wildman–Crippen LogP) is 2.95. The van der Waals surface area contributed by atoms with Gasteiger partial charge in [-0.3, -0.25) is 4.79 Å². The molecule has 0 aliphatic carbocycles. The molecule has 35 heavy (non-hydrogen) atoms. The number of H-pyrrole nitrogens is 1. The Kier molecular flexibility index (Phi) is 7.34. The third-order valence-corrected chi connectivity index (χ3v) is 7.63. The second kappa shape index (κ2) is 10.4. The maximum Gasteiger partial charge on any atom is 0.331 e. The summed E-state index contributed by atoms with van der Waals surface area (Å²) in [6.07, 6.45) is 2.59. The average molecular weight is 499 g/mol. The maximum atomic E-state index is 13.1. The van der Waals surface area contributed by atoms with Crippen LogP contribution < -0.4 is 4.74 Å². The molecule has 10 heteroatoms. The Labute approximate surface area is 203 Å². The smallest absolute Gasteiger partial charge is 0.331 e. The molecule has 0 atom stereocenters. The lowest BCUT2D eigenvalue weighted by Crippen LogP contribution is -2.40. The number of esters is 1. The Morgan fingerprint density at radius 1 is 1.14 bits per heavy atom. The summed E-state index contributed by atoms with van der Waals surface area (Å²) in [5, 5.41) is 0.772. The van der Waals surface area contributed by atoms with Gasteiger partial charge in [0.25, 0.3) is 0 Å². The lowest BCUT2D eigenvalue weighted by atomic mass is 10.1. The fourth-order valence-corrected chi connectivity index (χ4v) is 5.58. The first-order valence-corrected chi connectivity index (χ1v) is 12.5. The third-order valence-electron chi connectivity index (χ3n) is 5.71. The molecule has 1 saturated heterocycles. The number of para-hydroxylation sites is 1. The van der Waals surface area contributed by atoms with Crippen molar-refractivity contribution in [3.05, 3.63) is 65.4 Å². The van der Waals surface area contributed by atoms with Crippen LogP contribution in [0.2, 0.25) is 0 Å². The highest BCUT2D eigenvalue weighted by atomic mass is 32.2. The molecule has 0 radical (unpaired) electrons. The molecule has 0 unspecified atom stereocenters. The Bertz CT molecular complexity index is 1390. The molecule has 9 nitrogen and oxygen atoms in total. The lowest BCUT2D eigenvalue weighted by Gasteiger charge is -2.26. The van der Waals surface area contributed by atoms with E-state index in [0.29, 0.717) is 30.0 Å². The van der Waals surface area contributed by atoms with Crippen LogP contribution in [-0.4, -0.2) is 69.5 Å². The predicted molar refractivity (Wildman–Crippen MR) is 130 cm³/mol. The van der Waals surface area contributed by atoms with E-state index in [1.807, 2.05) is 24.3 Å². The van der Waals surface area contributed by atoms with E-state index in [2.05, 4.69) is 4.98 Å². The number of aromatic amines is 1. The summed E-state index contributed by atoms with van der Waals surface area (Å²) in [7, 11) is -2.41. The number of benzene rings is 2. The molecule has 0 amide bonds. The summed E-state index contributed by atoms with van der Waals surface area (Å²) >= 11 is 0. The van der Waals surface area contributed by atoms with Crippen LogP contribution in [0.3, 0.4) is 0 Å². The Balaban J connectivity index is 1.45. The van der Waals surface area contributed by atoms with E-state index in [9.17, 15) is 18.0 Å². The zero-order chi connectivity index (χ0) is 25.0. The van der Waals surface area contributed by atoms with Gasteiger partial charge in [-0.2, -0.15) is 4.31 Å². The molecule has 0 saturated carbocycles. The normalized spacial score (nSPS) is 14.9. The van der Waals surface area contributed by atoms with Crippen LogP contribution in [0.5, 0.6) is 5.75 Å². The number of ether oxygens (including phenoxy) is 3. The number of nitrogens with one attached hydrogen (secondary N) is 1. The van der Waals surface area contributed by atoms with E-state index in [0.717, 1.165) is 17.0 Å². The molecule has 1 aromatic heterocycles. The summed E-state index contributed by atoms with van der Waals surface area (Å²) in [5.74, 6) is -0.829. The second-order valence-electron chi connectivity index (χ2n) is 7.96. The van der Waals surface area contributed by atoms with Gasteiger partial charge < -0.3 is 19.2 Å². The number of carbonyl (C=O) groups excluding carboxylic acids is 2. The number of fused-ring (bicyclic) bond motifs is 1. The number of ketones is 1. The van der Waals surface area contributed by atoms with Crippen LogP contribution in [-0.2, 0) is 24.3 Å². The molecule has 2 aromatic carbocycles. The van der Waals surface area contributed by atoms with Crippen molar-refractivity contribution < 1.29 is 32.2 Å². The molecule has 1 aliphatic rings. The monoisotopic (exact) mass is 498 g/mol. The first-order chi connectivity index (χ1) is 16.8. The van der Waals surface area contributed by atoms with Gasteiger partial charge in [0.15, 0.2) is 6.61 Å². The molecule has 0 spiro atoms. The number of nitrogens with zero attached hydrogens (tertiary/aromatic N) is 1. The van der Waals surface area contributed by atoms with Crippen LogP contribution in [0.1, 0.15) is 21.6 Å². The van der Waals surface area contributed by atoms with Gasteiger partial charge in [0, 0.05) is 41.3 Å². The van der Waals surface area contributed by atoms with Crippen molar-refractivity contribution in [2.45, 2.75) is 11.8 Å². The number of rotatable bonds is 8. The van der Waals surface area contributed by atoms with Crippen LogP contribution in [0.15, 0.2) is 53.4 Å². The number of hydrogen-bond donors (Lipinski definition) is 1. The summed E-state index contributed by atoms with van der Waals surface area (Å²) in [6, 6.07) is 12.0. The number of methoxy groups -OCH3 is 1. The van der Waals surface area contributed by atoms with Gasteiger partial charge in [-0.25, -0.2) is 13.2 Å². The van der Waals surface area contributed by atoms with Crippen molar-refractivity contribution in [1.82, 2.24) is 9.29 Å². The van der Waals surface area contributed by atoms with Crippen molar-refractivity contribution in [2.75, 3.05) is 40.0 Å². The Hall–Kier alpha value is -3.47. The van der Waals surface area contributed by atoms with E-state index in [4.69, 9.17) is 14.2 Å². The largest absolute Gasteiger partial charge is 0.495 e. The molecule has 1 aliphatic heterocycles. The third kappa shape index (κ3) is 5.29. The molecule has 3 aromatic rings. The second-order valence-corrected chi connectivity index (χ2v) is 9.87. The van der Waals surface area contributed by atoms with Gasteiger partial charge in [-0.15, -0.1) is 0 Å². The number of hydrogen-bond acceptors (Lipinski definition) is 7. The SMILES string of the molecule is COc1ccc(C=CC(=O)OCC(=O)c2c(C)[nH]c3ccccc23)cc1S(=O)(=O)N1CCOCC1. The van der Waals surface area contributed by atoms with E-state index in [1.165, 1.54) is 29.6 Å². The molecule has 1 N–H and O–H groups in total. The summed E-state index contributed by atoms with van der Waals surface area (Å²) in [5.41, 5.74) is 2.50. The van der Waals surface area contributed by atoms with Gasteiger partial charge >= 0.3 is 5.97 Å². The molecule has 1 fully saturated rings. The van der Waals surface area contributed by atoms with Crippen molar-refractivity contribution in [1.29, 1.82) is 0 Å². The highest BCUT2D eigenvalue weighted by Gasteiger charge is 2.29. The topological polar surface area (TPSA) is 115 Å². The van der Waals surface area contributed by atoms with Crippen molar-refractivity contribution in [2.24, 2.45) is 0 Å². The molecular weight excluding hydrogens is 472 g/mol.